The number of hydrogen-bond donors (Lipinski definition) is 0. The molecule has 0 aliphatic rings. The minimum atomic E-state index is -0.941. The van der Waals surface area contributed by atoms with Crippen LogP contribution in [0.2, 0.25) is 0 Å². The molecule has 0 radical (unpaired) electrons. The number of rotatable bonds is 12. The van der Waals surface area contributed by atoms with Crippen molar-refractivity contribution in [3.63, 3.8) is 0 Å². The van der Waals surface area contributed by atoms with E-state index in [0.29, 0.717) is 20.0 Å². The molecule has 0 N–H and O–H groups in total. The molecule has 23 heavy (non-hydrogen) atoms. The van der Waals surface area contributed by atoms with Gasteiger partial charge in [-0.1, -0.05) is 0 Å². The van der Waals surface area contributed by atoms with E-state index in [0.717, 1.165) is 7.05 Å². The molecule has 0 amide bonds. The molecule has 0 rings (SSSR count). The second-order valence-electron chi connectivity index (χ2n) is 4.17. The van der Waals surface area contributed by atoms with Crippen molar-refractivity contribution >= 4 is 0 Å². The summed E-state index contributed by atoms with van der Waals surface area (Å²) < 4.78 is 0. The van der Waals surface area contributed by atoms with Crippen molar-refractivity contribution in [1.29, 1.82) is 0 Å². The Kier molecular flexibility index (Phi) is 7.70. The number of hydrogen-bond acceptors (Lipinski definition) is 8. The lowest BCUT2D eigenvalue weighted by atomic mass is 10.5. The Hall–Kier alpha value is -3.20. The second kappa shape index (κ2) is 8.95. The van der Waals surface area contributed by atoms with Gasteiger partial charge >= 0.3 is 0 Å². The lowest BCUT2D eigenvalue weighted by Gasteiger charge is -2.20. The van der Waals surface area contributed by atoms with Crippen molar-refractivity contribution < 1.29 is 20.1 Å². The lowest BCUT2D eigenvalue weighted by Crippen LogP contribution is -2.49. The third kappa shape index (κ3) is 6.87. The fourth-order valence-electron chi connectivity index (χ4n) is 1.38. The predicted molar refractivity (Wildman–Crippen MR) is 71.3 cm³/mol. The zero-order valence-electron chi connectivity index (χ0n) is 12.4. The topological polar surface area (TPSA) is 186 Å². The summed E-state index contributed by atoms with van der Waals surface area (Å²) in [5.74, 6) is 0. The van der Waals surface area contributed by atoms with Gasteiger partial charge in [0.2, 0.25) is 13.3 Å². The maximum absolute atomic E-state index is 10.9. The van der Waals surface area contributed by atoms with Gasteiger partial charge in [0, 0.05) is 0 Å². The minimum Gasteiger partial charge on any atom is -0.235 e. The van der Waals surface area contributed by atoms with Crippen LogP contribution in [0.5, 0.6) is 0 Å². The highest BCUT2D eigenvalue weighted by atomic mass is 16.7. The van der Waals surface area contributed by atoms with Crippen LogP contribution in [0.3, 0.4) is 0 Å². The van der Waals surface area contributed by atoms with Gasteiger partial charge in [0.1, 0.15) is 13.1 Å². The summed E-state index contributed by atoms with van der Waals surface area (Å²) in [6, 6.07) is 0. The molecule has 0 atom stereocenters. The van der Waals surface area contributed by atoms with Crippen molar-refractivity contribution in [3.8, 4) is 0 Å². The summed E-state index contributed by atoms with van der Waals surface area (Å²) in [5, 5.41) is 40.9. The Morgan fingerprint density at radius 1 is 0.696 bits per heavy atom. The van der Waals surface area contributed by atoms with Crippen LogP contribution in [-0.4, -0.2) is 80.2 Å². The van der Waals surface area contributed by atoms with Crippen molar-refractivity contribution in [2.75, 3.05) is 40.0 Å². The van der Waals surface area contributed by atoms with Crippen LogP contribution in [0.4, 0.5) is 0 Å². The molecule has 16 heteroatoms. The molecule has 0 bridgehead atoms. The molecule has 0 unspecified atom stereocenters. The van der Waals surface area contributed by atoms with Crippen LogP contribution in [0.25, 0.3) is 0 Å². The van der Waals surface area contributed by atoms with Crippen LogP contribution >= 0.6 is 0 Å². The summed E-state index contributed by atoms with van der Waals surface area (Å²) in [7, 11) is 0.993. The van der Waals surface area contributed by atoms with Crippen LogP contribution in [0.1, 0.15) is 6.92 Å². The highest BCUT2D eigenvalue weighted by Crippen LogP contribution is 1.99. The molecule has 0 heterocycles. The second-order valence-corrected chi connectivity index (χ2v) is 4.17. The average Bonchev–Trinajstić information content (AvgIpc) is 2.44. The quantitative estimate of drug-likeness (QED) is 0.228. The molecule has 0 aromatic heterocycles. The fraction of sp³-hybridized carbons (Fsp3) is 1.00. The first kappa shape index (κ1) is 19.8. The van der Waals surface area contributed by atoms with E-state index >= 15 is 0 Å². The van der Waals surface area contributed by atoms with Crippen molar-refractivity contribution in [3.05, 3.63) is 40.5 Å². The maximum atomic E-state index is 10.9. The molecule has 0 saturated carbocycles. The summed E-state index contributed by atoms with van der Waals surface area (Å²) in [6.45, 7) is -1.17. The van der Waals surface area contributed by atoms with E-state index in [1.807, 2.05) is 0 Å². The van der Waals surface area contributed by atoms with E-state index < -0.39 is 46.6 Å². The molecule has 0 saturated heterocycles. The number of nitro groups is 4. The molecule has 132 valence electrons. The maximum Gasteiger partial charge on any atom is 0.207 e. The van der Waals surface area contributed by atoms with E-state index in [-0.39, 0.29) is 6.54 Å². The number of nitrogens with zero attached hydrogens (tertiary/aromatic N) is 8. The van der Waals surface area contributed by atoms with Gasteiger partial charge in [-0.3, -0.25) is 0 Å². The average molecular weight is 340 g/mol. The van der Waals surface area contributed by atoms with Crippen LogP contribution in [-0.2, 0) is 0 Å². The largest absolute Gasteiger partial charge is 0.235 e. The molecule has 0 fully saturated rings. The van der Waals surface area contributed by atoms with E-state index in [9.17, 15) is 40.5 Å². The van der Waals surface area contributed by atoms with Crippen molar-refractivity contribution in [2.45, 2.75) is 6.92 Å². The van der Waals surface area contributed by atoms with Crippen LogP contribution in [0, 0.1) is 40.5 Å². The lowest BCUT2D eigenvalue weighted by molar-refractivity contribution is -0.721. The van der Waals surface area contributed by atoms with Gasteiger partial charge in [-0.25, -0.2) is 40.5 Å². The monoisotopic (exact) mass is 340 g/mol. The normalized spacial score (nSPS) is 9.83. The SMILES string of the molecule is CCN(CN(CCN(CN(C)[N+](=O)[O-])[N+](=O)[O-])[N+](=O)[O-])[N+](=O)[O-]. The zero-order valence-corrected chi connectivity index (χ0v) is 12.4. The summed E-state index contributed by atoms with van der Waals surface area (Å²) in [5.41, 5.74) is 0. The molecule has 0 aliphatic heterocycles. The summed E-state index contributed by atoms with van der Waals surface area (Å²) in [6.07, 6.45) is 0. The van der Waals surface area contributed by atoms with Crippen molar-refractivity contribution in [1.82, 2.24) is 20.0 Å². The summed E-state index contributed by atoms with van der Waals surface area (Å²) in [4.78, 5) is 42.7. The first-order valence-corrected chi connectivity index (χ1v) is 6.13. The van der Waals surface area contributed by atoms with Gasteiger partial charge in [-0.15, -0.1) is 20.0 Å². The zero-order chi connectivity index (χ0) is 18.2. The van der Waals surface area contributed by atoms with Gasteiger partial charge in [0.15, 0.2) is 20.1 Å². The van der Waals surface area contributed by atoms with E-state index in [4.69, 9.17) is 0 Å². The predicted octanol–water partition coefficient (Wildman–Crippen LogP) is -1.47. The van der Waals surface area contributed by atoms with E-state index in [1.165, 1.54) is 6.92 Å². The van der Waals surface area contributed by atoms with Gasteiger partial charge in [-0.05, 0) is 6.92 Å². The third-order valence-corrected chi connectivity index (χ3v) is 2.65. The Bertz CT molecular complexity index is 460. The standard InChI is InChI=1S/C7H16N8O8/c1-3-9(13(18)19)7-11(15(22)23)5-4-10(14(20)21)6-8(2)12(16)17/h3-7H2,1-2H3. The highest BCUT2D eigenvalue weighted by molar-refractivity contribution is 4.49. The van der Waals surface area contributed by atoms with Crippen LogP contribution < -0.4 is 0 Å². The molecule has 16 nitrogen and oxygen atoms in total. The minimum absolute atomic E-state index is 0.111. The van der Waals surface area contributed by atoms with E-state index in [1.54, 1.807) is 0 Å². The summed E-state index contributed by atoms with van der Waals surface area (Å²) >= 11 is 0. The van der Waals surface area contributed by atoms with E-state index in [2.05, 4.69) is 0 Å². The van der Waals surface area contributed by atoms with Crippen molar-refractivity contribution in [2.24, 2.45) is 0 Å². The first-order chi connectivity index (χ1) is 10.6. The molecule has 0 aromatic carbocycles. The molecule has 0 spiro atoms. The third-order valence-electron chi connectivity index (χ3n) is 2.65. The Morgan fingerprint density at radius 2 is 1.09 bits per heavy atom. The Balaban J connectivity index is 4.80. The molecular formula is C7H16N8O8. The van der Waals surface area contributed by atoms with Gasteiger partial charge in [-0.2, -0.15) is 0 Å². The Morgan fingerprint density at radius 3 is 1.39 bits per heavy atom. The van der Waals surface area contributed by atoms with Gasteiger partial charge in [0.05, 0.1) is 13.6 Å². The smallest absolute Gasteiger partial charge is 0.207 e. The first-order valence-electron chi connectivity index (χ1n) is 6.13. The molecule has 0 aromatic rings. The number of hydrazine groups is 4. The van der Waals surface area contributed by atoms with Crippen LogP contribution in [0.15, 0.2) is 0 Å². The Labute approximate surface area is 128 Å². The van der Waals surface area contributed by atoms with Gasteiger partial charge < -0.3 is 0 Å². The molecular weight excluding hydrogens is 324 g/mol. The van der Waals surface area contributed by atoms with Gasteiger partial charge in [0.25, 0.3) is 0 Å². The fourth-order valence-corrected chi connectivity index (χ4v) is 1.38. The highest BCUT2D eigenvalue weighted by Gasteiger charge is 2.27. The molecule has 0 aliphatic carbocycles.